The van der Waals surface area contributed by atoms with Crippen LogP contribution in [0, 0.1) is 0 Å². The molecule has 0 aromatic heterocycles. The number of rotatable bonds is 2. The van der Waals surface area contributed by atoms with Crippen LogP contribution in [0.1, 0.15) is 12.8 Å². The summed E-state index contributed by atoms with van der Waals surface area (Å²) in [4.78, 5) is 5.20. The van der Waals surface area contributed by atoms with E-state index >= 15 is 0 Å². The van der Waals surface area contributed by atoms with E-state index in [9.17, 15) is 8.42 Å². The quantitative estimate of drug-likeness (QED) is 0.827. The summed E-state index contributed by atoms with van der Waals surface area (Å²) in [5, 5.41) is 0.270. The van der Waals surface area contributed by atoms with Crippen molar-refractivity contribution in [1.82, 2.24) is 4.47 Å². The van der Waals surface area contributed by atoms with Gasteiger partial charge in [-0.25, -0.2) is 8.42 Å². The lowest BCUT2D eigenvalue weighted by Crippen LogP contribution is -2.36. The third kappa shape index (κ3) is 2.65. The van der Waals surface area contributed by atoms with Gasteiger partial charge in [0.2, 0.25) is 0 Å². The highest BCUT2D eigenvalue weighted by Crippen LogP contribution is 2.33. The molecule has 100 valence electrons. The van der Waals surface area contributed by atoms with E-state index in [1.807, 2.05) is 0 Å². The van der Waals surface area contributed by atoms with Crippen LogP contribution in [0.3, 0.4) is 0 Å². The predicted octanol–water partition coefficient (Wildman–Crippen LogP) is 2.40. The van der Waals surface area contributed by atoms with Gasteiger partial charge in [-0.2, -0.15) is 0 Å². The van der Waals surface area contributed by atoms with Crippen molar-refractivity contribution >= 4 is 43.2 Å². The van der Waals surface area contributed by atoms with Crippen LogP contribution < -0.4 is 5.73 Å². The van der Waals surface area contributed by atoms with Crippen molar-refractivity contribution in [2.45, 2.75) is 17.7 Å². The molecule has 1 saturated heterocycles. The van der Waals surface area contributed by atoms with E-state index in [2.05, 4.69) is 15.9 Å². The Morgan fingerprint density at radius 1 is 1.39 bits per heavy atom. The first kappa shape index (κ1) is 14.1. The Morgan fingerprint density at radius 3 is 2.72 bits per heavy atom. The van der Waals surface area contributed by atoms with Gasteiger partial charge in [-0.15, -0.1) is 0 Å². The van der Waals surface area contributed by atoms with E-state index in [0.29, 0.717) is 17.6 Å². The van der Waals surface area contributed by atoms with E-state index < -0.39 is 10.0 Å². The summed E-state index contributed by atoms with van der Waals surface area (Å²) in [6.45, 7) is 0.730. The summed E-state index contributed by atoms with van der Waals surface area (Å²) in [6.07, 6.45) is 1.62. The molecule has 5 nitrogen and oxygen atoms in total. The first-order valence-corrected chi connectivity index (χ1v) is 7.94. The third-order valence-electron chi connectivity index (χ3n) is 2.55. The monoisotopic (exact) mass is 354 g/mol. The smallest absolute Gasteiger partial charge is 0.266 e. The minimum absolute atomic E-state index is 0.0226. The van der Waals surface area contributed by atoms with Crippen molar-refractivity contribution in [3.05, 3.63) is 21.6 Å². The van der Waals surface area contributed by atoms with Crippen molar-refractivity contribution in [2.75, 3.05) is 18.9 Å². The lowest BCUT2D eigenvalue weighted by atomic mass is 10.3. The second-order valence-corrected chi connectivity index (χ2v) is 6.91. The fraction of sp³-hybridized carbons (Fsp3) is 0.400. The lowest BCUT2D eigenvalue weighted by molar-refractivity contribution is -0.108. The number of hydroxylamine groups is 1. The van der Waals surface area contributed by atoms with Gasteiger partial charge in [-0.05, 0) is 40.9 Å². The fourth-order valence-electron chi connectivity index (χ4n) is 1.65. The van der Waals surface area contributed by atoms with Crippen LogP contribution >= 0.6 is 27.5 Å². The van der Waals surface area contributed by atoms with Gasteiger partial charge in [-0.1, -0.05) is 16.1 Å². The number of sulfonamides is 1. The largest absolute Gasteiger partial charge is 0.398 e. The standard InChI is InChI=1S/C10H12BrClN2O3S/c11-10-8(13)5-7(12)6-9(10)18(15,16)14-3-1-2-4-17-14/h5-6H,1-4,13H2. The molecule has 8 heteroatoms. The number of nitrogens with two attached hydrogens (primary N) is 1. The molecule has 0 radical (unpaired) electrons. The second kappa shape index (κ2) is 5.34. The van der Waals surface area contributed by atoms with Gasteiger partial charge in [0, 0.05) is 17.3 Å². The van der Waals surface area contributed by atoms with E-state index in [1.54, 1.807) is 0 Å². The summed E-state index contributed by atoms with van der Waals surface area (Å²) < 4.78 is 26.0. The van der Waals surface area contributed by atoms with Crippen molar-refractivity contribution in [2.24, 2.45) is 0 Å². The van der Waals surface area contributed by atoms with Gasteiger partial charge in [0.15, 0.2) is 0 Å². The maximum Gasteiger partial charge on any atom is 0.266 e. The molecule has 2 rings (SSSR count). The van der Waals surface area contributed by atoms with Gasteiger partial charge >= 0.3 is 0 Å². The predicted molar refractivity (Wildman–Crippen MR) is 72.6 cm³/mol. The zero-order chi connectivity index (χ0) is 13.3. The van der Waals surface area contributed by atoms with Crippen LogP contribution in [-0.4, -0.2) is 26.0 Å². The molecule has 18 heavy (non-hydrogen) atoms. The van der Waals surface area contributed by atoms with Crippen LogP contribution in [0.2, 0.25) is 5.02 Å². The zero-order valence-corrected chi connectivity index (χ0v) is 12.6. The normalized spacial score (nSPS) is 17.9. The molecule has 2 N–H and O–H groups in total. The zero-order valence-electron chi connectivity index (χ0n) is 9.40. The van der Waals surface area contributed by atoms with Gasteiger partial charge in [0.1, 0.15) is 4.90 Å². The molecule has 1 fully saturated rings. The maximum absolute atomic E-state index is 12.4. The average molecular weight is 356 g/mol. The van der Waals surface area contributed by atoms with E-state index in [1.165, 1.54) is 12.1 Å². The molecule has 0 unspecified atom stereocenters. The summed E-state index contributed by atoms with van der Waals surface area (Å²) in [5.41, 5.74) is 5.97. The highest BCUT2D eigenvalue weighted by Gasteiger charge is 2.30. The Morgan fingerprint density at radius 2 is 2.11 bits per heavy atom. The number of nitrogens with zero attached hydrogens (tertiary/aromatic N) is 1. The molecule has 1 aliphatic heterocycles. The first-order valence-electron chi connectivity index (χ1n) is 5.33. The number of hydrogen-bond donors (Lipinski definition) is 1. The Bertz CT molecular complexity index is 558. The summed E-state index contributed by atoms with van der Waals surface area (Å²) in [7, 11) is -3.74. The van der Waals surface area contributed by atoms with Crippen LogP contribution in [0.4, 0.5) is 5.69 Å². The molecule has 0 saturated carbocycles. The molecule has 0 bridgehead atoms. The number of hydrogen-bond acceptors (Lipinski definition) is 4. The molecular formula is C10H12BrClN2O3S. The number of nitrogen functional groups attached to an aromatic ring is 1. The highest BCUT2D eigenvalue weighted by atomic mass is 79.9. The molecule has 1 aromatic carbocycles. The molecule has 0 aliphatic carbocycles. The second-order valence-electron chi connectivity index (χ2n) is 3.88. The average Bonchev–Trinajstić information content (AvgIpc) is 2.34. The molecule has 1 aliphatic rings. The van der Waals surface area contributed by atoms with Crippen LogP contribution in [0.5, 0.6) is 0 Å². The maximum atomic E-state index is 12.4. The van der Waals surface area contributed by atoms with Crippen LogP contribution in [0.25, 0.3) is 0 Å². The number of benzene rings is 1. The van der Waals surface area contributed by atoms with Gasteiger partial charge in [-0.3, -0.25) is 4.84 Å². The SMILES string of the molecule is Nc1cc(Cl)cc(S(=O)(=O)N2CCCCO2)c1Br. The third-order valence-corrected chi connectivity index (χ3v) is 5.62. The Balaban J connectivity index is 2.46. The molecule has 0 amide bonds. The molecule has 1 aromatic rings. The van der Waals surface area contributed by atoms with Gasteiger partial charge in [0.25, 0.3) is 10.0 Å². The Kier molecular flexibility index (Phi) is 4.18. The van der Waals surface area contributed by atoms with Crippen molar-refractivity contribution in [3.8, 4) is 0 Å². The Hall–Kier alpha value is -0.340. The topological polar surface area (TPSA) is 72.6 Å². The summed E-state index contributed by atoms with van der Waals surface area (Å²) in [5.74, 6) is 0. The van der Waals surface area contributed by atoms with Gasteiger partial charge < -0.3 is 5.73 Å². The summed E-state index contributed by atoms with van der Waals surface area (Å²) in [6, 6.07) is 2.84. The van der Waals surface area contributed by atoms with Crippen molar-refractivity contribution in [1.29, 1.82) is 0 Å². The summed E-state index contributed by atoms with van der Waals surface area (Å²) >= 11 is 9.01. The molecule has 0 atom stereocenters. The first-order chi connectivity index (χ1) is 8.43. The molecule has 0 spiro atoms. The van der Waals surface area contributed by atoms with Crippen LogP contribution in [-0.2, 0) is 14.9 Å². The van der Waals surface area contributed by atoms with E-state index in [0.717, 1.165) is 17.3 Å². The number of halogens is 2. The number of anilines is 1. The van der Waals surface area contributed by atoms with E-state index in [4.69, 9.17) is 22.2 Å². The molecule has 1 heterocycles. The Labute approximate surface area is 119 Å². The fourth-order valence-corrected chi connectivity index (χ4v) is 4.20. The van der Waals surface area contributed by atoms with Crippen molar-refractivity contribution < 1.29 is 13.3 Å². The van der Waals surface area contributed by atoms with Crippen LogP contribution in [0.15, 0.2) is 21.5 Å². The van der Waals surface area contributed by atoms with E-state index in [-0.39, 0.29) is 15.6 Å². The van der Waals surface area contributed by atoms with Crippen molar-refractivity contribution in [3.63, 3.8) is 0 Å². The highest BCUT2D eigenvalue weighted by molar-refractivity contribution is 9.10. The minimum Gasteiger partial charge on any atom is -0.398 e. The lowest BCUT2D eigenvalue weighted by Gasteiger charge is -2.25. The van der Waals surface area contributed by atoms with Gasteiger partial charge in [0.05, 0.1) is 11.1 Å². The minimum atomic E-state index is -3.74. The molecular weight excluding hydrogens is 344 g/mol.